The number of H-pyrrole nitrogens is 2. The number of rotatable bonds is 3. The van der Waals surface area contributed by atoms with Crippen LogP contribution in [0.2, 0.25) is 0 Å². The summed E-state index contributed by atoms with van der Waals surface area (Å²) in [7, 11) is -3.44. The molecule has 11 heteroatoms. The van der Waals surface area contributed by atoms with Crippen LogP contribution in [0.3, 0.4) is 0 Å². The van der Waals surface area contributed by atoms with Gasteiger partial charge >= 0.3 is 5.69 Å². The molecule has 1 unspecified atom stereocenters. The molecule has 30 heavy (non-hydrogen) atoms. The lowest BCUT2D eigenvalue weighted by atomic mass is 9.90. The van der Waals surface area contributed by atoms with Crippen molar-refractivity contribution in [2.75, 3.05) is 24.1 Å². The molecule has 1 saturated heterocycles. The Labute approximate surface area is 172 Å². The summed E-state index contributed by atoms with van der Waals surface area (Å²) < 4.78 is 31.3. The Bertz CT molecular complexity index is 1220. The molecular formula is C19H22N4O6S. The van der Waals surface area contributed by atoms with Gasteiger partial charge in [0.1, 0.15) is 5.60 Å². The summed E-state index contributed by atoms with van der Waals surface area (Å²) in [5.74, 6) is 0.00837. The minimum absolute atomic E-state index is 0.203. The van der Waals surface area contributed by atoms with Gasteiger partial charge < -0.3 is 9.64 Å². The van der Waals surface area contributed by atoms with Crippen molar-refractivity contribution in [3.05, 3.63) is 56.2 Å². The van der Waals surface area contributed by atoms with Crippen LogP contribution in [0.5, 0.6) is 5.88 Å². The van der Waals surface area contributed by atoms with E-state index in [1.807, 2.05) is 0 Å². The summed E-state index contributed by atoms with van der Waals surface area (Å²) in [5.41, 5.74) is -0.548. The fourth-order valence-corrected chi connectivity index (χ4v) is 4.63. The highest BCUT2D eigenvalue weighted by molar-refractivity contribution is 7.92. The number of likely N-dealkylation sites (tertiary alicyclic amines) is 1. The minimum Gasteiger partial charge on any atom is -0.471 e. The minimum atomic E-state index is -3.44. The summed E-state index contributed by atoms with van der Waals surface area (Å²) in [6.45, 7) is 0.926. The zero-order valence-electron chi connectivity index (χ0n) is 16.4. The molecule has 0 radical (unpaired) electrons. The highest BCUT2D eigenvalue weighted by Crippen LogP contribution is 2.38. The molecule has 1 fully saturated rings. The third kappa shape index (κ3) is 4.11. The molecule has 160 valence electrons. The first kappa shape index (κ1) is 20.2. The number of benzene rings is 1. The summed E-state index contributed by atoms with van der Waals surface area (Å²) in [6, 6.07) is 6.36. The fourth-order valence-electron chi connectivity index (χ4n) is 4.08. The van der Waals surface area contributed by atoms with Gasteiger partial charge in [-0.2, -0.15) is 0 Å². The Balaban J connectivity index is 1.50. The zero-order chi connectivity index (χ0) is 21.5. The maximum atomic E-state index is 13.0. The third-order valence-corrected chi connectivity index (χ3v) is 6.02. The van der Waals surface area contributed by atoms with Crippen molar-refractivity contribution >= 4 is 21.6 Å². The van der Waals surface area contributed by atoms with Crippen molar-refractivity contribution < 1.29 is 17.9 Å². The Morgan fingerprint density at radius 1 is 1.20 bits per heavy atom. The fraction of sp³-hybridized carbons (Fsp3) is 0.421. The van der Waals surface area contributed by atoms with Crippen LogP contribution in [0.4, 0.5) is 5.69 Å². The molecule has 0 aliphatic carbocycles. The van der Waals surface area contributed by atoms with E-state index < -0.39 is 26.9 Å². The number of amides is 1. The van der Waals surface area contributed by atoms with Gasteiger partial charge in [0.2, 0.25) is 15.9 Å². The summed E-state index contributed by atoms with van der Waals surface area (Å²) in [5, 5.41) is 0. The van der Waals surface area contributed by atoms with E-state index in [0.717, 1.165) is 6.26 Å². The number of aromatic nitrogens is 2. The predicted octanol–water partition coefficient (Wildman–Crippen LogP) is 0.435. The van der Waals surface area contributed by atoms with E-state index in [9.17, 15) is 22.8 Å². The quantitative estimate of drug-likeness (QED) is 0.640. The number of aromatic amines is 2. The smallest absolute Gasteiger partial charge is 0.328 e. The Morgan fingerprint density at radius 3 is 2.77 bits per heavy atom. The van der Waals surface area contributed by atoms with Crippen molar-refractivity contribution in [3.8, 4) is 5.88 Å². The summed E-state index contributed by atoms with van der Waals surface area (Å²) in [4.78, 5) is 43.0. The number of nitrogens with one attached hydrogen (secondary N) is 3. The molecular weight excluding hydrogens is 412 g/mol. The maximum Gasteiger partial charge on any atom is 0.328 e. The lowest BCUT2D eigenvalue weighted by Crippen LogP contribution is -2.37. The molecule has 0 saturated carbocycles. The van der Waals surface area contributed by atoms with Crippen LogP contribution in [-0.2, 0) is 16.4 Å². The van der Waals surface area contributed by atoms with E-state index in [0.29, 0.717) is 55.6 Å². The zero-order valence-corrected chi connectivity index (χ0v) is 17.2. The molecule has 3 heterocycles. The molecule has 0 bridgehead atoms. The number of anilines is 1. The number of carbonyl (C=O) groups excluding carboxylic acids is 1. The number of hydrogen-bond donors (Lipinski definition) is 3. The second kappa shape index (κ2) is 7.31. The molecule has 2 aliphatic rings. The van der Waals surface area contributed by atoms with Gasteiger partial charge in [-0.3, -0.25) is 24.3 Å². The number of nitrogens with zero attached hydrogens (tertiary/aromatic N) is 1. The third-order valence-electron chi connectivity index (χ3n) is 5.42. The van der Waals surface area contributed by atoms with E-state index >= 15 is 0 Å². The van der Waals surface area contributed by atoms with Crippen LogP contribution >= 0.6 is 0 Å². The number of hydrogen-bond acceptors (Lipinski definition) is 6. The highest BCUT2D eigenvalue weighted by Gasteiger charge is 2.43. The second-order valence-corrected chi connectivity index (χ2v) is 9.53. The number of carbonyl (C=O) groups is 1. The van der Waals surface area contributed by atoms with Crippen molar-refractivity contribution in [3.63, 3.8) is 0 Å². The molecule has 1 aromatic carbocycles. The Morgan fingerprint density at radius 2 is 2.00 bits per heavy atom. The van der Waals surface area contributed by atoms with Crippen molar-refractivity contribution in [1.82, 2.24) is 14.9 Å². The lowest BCUT2D eigenvalue weighted by Gasteiger charge is -2.27. The van der Waals surface area contributed by atoms with Crippen LogP contribution in [0, 0.1) is 0 Å². The molecule has 3 N–H and O–H groups in total. The number of ether oxygens (including phenoxy) is 1. The molecule has 2 aromatic rings. The Kier molecular flexibility index (Phi) is 4.92. The van der Waals surface area contributed by atoms with Crippen LogP contribution in [0.15, 0.2) is 33.9 Å². The maximum absolute atomic E-state index is 13.0. The topological polar surface area (TPSA) is 141 Å². The monoisotopic (exact) mass is 434 g/mol. The first-order valence-corrected chi connectivity index (χ1v) is 11.4. The molecule has 2 aliphatic heterocycles. The normalized spacial score (nSPS) is 21.0. The first-order valence-electron chi connectivity index (χ1n) is 9.56. The average Bonchev–Trinajstić information content (AvgIpc) is 2.88. The summed E-state index contributed by atoms with van der Waals surface area (Å²) in [6.07, 6.45) is 3.25. The Hall–Kier alpha value is -3.08. The highest BCUT2D eigenvalue weighted by atomic mass is 32.2. The lowest BCUT2D eigenvalue weighted by molar-refractivity contribution is 0.0657. The van der Waals surface area contributed by atoms with Crippen LogP contribution in [0.1, 0.15) is 35.2 Å². The molecule has 1 atom stereocenters. The van der Waals surface area contributed by atoms with Crippen molar-refractivity contribution in [1.29, 1.82) is 0 Å². The van der Waals surface area contributed by atoms with Gasteiger partial charge in [0.25, 0.3) is 11.5 Å². The average molecular weight is 434 g/mol. The van der Waals surface area contributed by atoms with Crippen molar-refractivity contribution in [2.45, 2.75) is 31.3 Å². The molecule has 4 rings (SSSR count). The van der Waals surface area contributed by atoms with Crippen molar-refractivity contribution in [2.24, 2.45) is 0 Å². The van der Waals surface area contributed by atoms with Gasteiger partial charge in [0.15, 0.2) is 0 Å². The standard InChI is InChI=1S/C19H22N4O6S/c1-30(27,28)22-13-5-2-4-12(10-13)17(25)23-8-3-6-19(7-9-23)11-14-15(24)20-18(26)21-16(14)29-19/h2,4-5,10,22H,3,6-9,11H2,1H3,(H2,20,21,24,26). The largest absolute Gasteiger partial charge is 0.471 e. The van der Waals surface area contributed by atoms with Gasteiger partial charge in [0, 0.05) is 37.2 Å². The van der Waals surface area contributed by atoms with Gasteiger partial charge in [-0.05, 0) is 31.0 Å². The van der Waals surface area contributed by atoms with E-state index in [1.165, 1.54) is 6.07 Å². The molecule has 1 spiro atoms. The SMILES string of the molecule is CS(=O)(=O)Nc1cccc(C(=O)N2CCCC3(CC2)Cc2c([nH]c(=O)[nH]c2=O)O3)c1. The van der Waals surface area contributed by atoms with E-state index in [4.69, 9.17) is 4.74 Å². The van der Waals surface area contributed by atoms with Gasteiger partial charge in [-0.15, -0.1) is 0 Å². The molecule has 10 nitrogen and oxygen atoms in total. The van der Waals surface area contributed by atoms with Crippen LogP contribution in [-0.4, -0.2) is 54.1 Å². The van der Waals surface area contributed by atoms with Gasteiger partial charge in [-0.1, -0.05) is 6.07 Å². The predicted molar refractivity (Wildman–Crippen MR) is 109 cm³/mol. The van der Waals surface area contributed by atoms with Gasteiger partial charge in [0.05, 0.1) is 11.8 Å². The van der Waals surface area contributed by atoms with E-state index in [1.54, 1.807) is 23.1 Å². The molecule has 1 amide bonds. The van der Waals surface area contributed by atoms with E-state index in [2.05, 4.69) is 14.7 Å². The molecule has 1 aromatic heterocycles. The summed E-state index contributed by atoms with van der Waals surface area (Å²) >= 11 is 0. The second-order valence-electron chi connectivity index (χ2n) is 7.78. The number of sulfonamides is 1. The van der Waals surface area contributed by atoms with E-state index in [-0.39, 0.29) is 11.8 Å². The first-order chi connectivity index (χ1) is 14.1. The van der Waals surface area contributed by atoms with Crippen LogP contribution in [0.25, 0.3) is 0 Å². The number of fused-ring (bicyclic) bond motifs is 1. The van der Waals surface area contributed by atoms with Crippen LogP contribution < -0.4 is 20.7 Å². The van der Waals surface area contributed by atoms with Gasteiger partial charge in [-0.25, -0.2) is 13.2 Å².